The minimum atomic E-state index is -0.308. The van der Waals surface area contributed by atoms with Crippen LogP contribution in [0, 0.1) is 11.8 Å². The van der Waals surface area contributed by atoms with Crippen molar-refractivity contribution in [1.29, 1.82) is 0 Å². The van der Waals surface area contributed by atoms with Gasteiger partial charge in [0.05, 0.1) is 18.8 Å². The second kappa shape index (κ2) is 4.05. The highest BCUT2D eigenvalue weighted by molar-refractivity contribution is 5.83. The first-order valence-corrected chi connectivity index (χ1v) is 6.92. The van der Waals surface area contributed by atoms with E-state index in [1.165, 1.54) is 0 Å². The second-order valence-corrected chi connectivity index (χ2v) is 5.80. The molecule has 1 aromatic carbocycles. The van der Waals surface area contributed by atoms with Crippen molar-refractivity contribution in [2.24, 2.45) is 11.8 Å². The minimum Gasteiger partial charge on any atom is -0.393 e. The molecule has 3 aliphatic rings. The van der Waals surface area contributed by atoms with Crippen molar-refractivity contribution >= 4 is 5.91 Å². The topological polar surface area (TPSA) is 49.8 Å². The molecule has 4 nitrogen and oxygen atoms in total. The fourth-order valence-corrected chi connectivity index (χ4v) is 3.95. The summed E-state index contributed by atoms with van der Waals surface area (Å²) >= 11 is 0. The van der Waals surface area contributed by atoms with E-state index in [4.69, 9.17) is 4.74 Å². The molecule has 4 rings (SSSR count). The van der Waals surface area contributed by atoms with Crippen LogP contribution in [0.25, 0.3) is 0 Å². The first kappa shape index (κ1) is 11.4. The van der Waals surface area contributed by atoms with Crippen LogP contribution in [0.2, 0.25) is 0 Å². The highest BCUT2D eigenvalue weighted by atomic mass is 16.5. The number of aliphatic hydroxyl groups is 1. The average molecular weight is 259 g/mol. The Balaban J connectivity index is 1.65. The summed E-state index contributed by atoms with van der Waals surface area (Å²) in [5.74, 6) is 0.448. The molecule has 1 unspecified atom stereocenters. The molecule has 5 atom stereocenters. The van der Waals surface area contributed by atoms with E-state index in [2.05, 4.69) is 0 Å². The number of fused-ring (bicyclic) bond motifs is 3. The van der Waals surface area contributed by atoms with E-state index in [-0.39, 0.29) is 36.1 Å². The van der Waals surface area contributed by atoms with Crippen molar-refractivity contribution in [1.82, 2.24) is 4.90 Å². The van der Waals surface area contributed by atoms with Crippen LogP contribution in [-0.4, -0.2) is 34.7 Å². The van der Waals surface area contributed by atoms with Gasteiger partial charge in [0, 0.05) is 11.5 Å². The molecule has 0 aromatic heterocycles. The fraction of sp³-hybridized carbons (Fsp3) is 0.533. The maximum Gasteiger partial charge on any atom is 0.228 e. The molecule has 2 aliphatic heterocycles. The van der Waals surface area contributed by atoms with Gasteiger partial charge in [0.2, 0.25) is 5.91 Å². The third-order valence-corrected chi connectivity index (χ3v) is 4.77. The largest absolute Gasteiger partial charge is 0.393 e. The molecule has 1 saturated carbocycles. The number of nitrogens with zero attached hydrogens (tertiary/aromatic N) is 1. The summed E-state index contributed by atoms with van der Waals surface area (Å²) in [5, 5.41) is 9.74. The summed E-state index contributed by atoms with van der Waals surface area (Å²) in [7, 11) is 0. The standard InChI is InChI=1S/C15H17NO3/c17-10-6-11-12(7-10)14(18)16-13(11)8-19-15(16)9-4-2-1-3-5-9/h1-5,10-13,15,17H,6-8H2/t10?,11-,12+,13+,15-/m0/s1. The summed E-state index contributed by atoms with van der Waals surface area (Å²) in [4.78, 5) is 14.4. The Kier molecular flexibility index (Phi) is 2.44. The van der Waals surface area contributed by atoms with Crippen molar-refractivity contribution < 1.29 is 14.6 Å². The van der Waals surface area contributed by atoms with E-state index in [0.717, 1.165) is 12.0 Å². The second-order valence-electron chi connectivity index (χ2n) is 5.80. The van der Waals surface area contributed by atoms with Crippen molar-refractivity contribution in [3.05, 3.63) is 35.9 Å². The molecule has 0 bridgehead atoms. The van der Waals surface area contributed by atoms with E-state index >= 15 is 0 Å². The lowest BCUT2D eigenvalue weighted by molar-refractivity contribution is -0.137. The van der Waals surface area contributed by atoms with Gasteiger partial charge in [0.1, 0.15) is 0 Å². The van der Waals surface area contributed by atoms with Gasteiger partial charge in [-0.1, -0.05) is 30.3 Å². The molecular formula is C15H17NO3. The number of aliphatic hydroxyl groups excluding tert-OH is 1. The van der Waals surface area contributed by atoms with Crippen molar-refractivity contribution in [2.45, 2.75) is 31.2 Å². The quantitative estimate of drug-likeness (QED) is 0.827. The lowest BCUT2D eigenvalue weighted by Crippen LogP contribution is -2.34. The number of carbonyl (C=O) groups excluding carboxylic acids is 1. The highest BCUT2D eigenvalue weighted by Crippen LogP contribution is 2.49. The van der Waals surface area contributed by atoms with Crippen LogP contribution in [0.5, 0.6) is 0 Å². The molecule has 1 N–H and O–H groups in total. The maximum atomic E-state index is 12.5. The summed E-state index contributed by atoms with van der Waals surface area (Å²) in [6.45, 7) is 0.596. The first-order chi connectivity index (χ1) is 9.25. The van der Waals surface area contributed by atoms with Gasteiger partial charge in [-0.3, -0.25) is 4.79 Å². The van der Waals surface area contributed by atoms with Crippen molar-refractivity contribution in [2.75, 3.05) is 6.61 Å². The van der Waals surface area contributed by atoms with E-state index in [1.807, 2.05) is 35.2 Å². The number of carbonyl (C=O) groups is 1. The molecule has 19 heavy (non-hydrogen) atoms. The Morgan fingerprint density at radius 1 is 1.21 bits per heavy atom. The number of ether oxygens (including phenoxy) is 1. The van der Waals surface area contributed by atoms with Crippen LogP contribution >= 0.6 is 0 Å². The number of rotatable bonds is 1. The maximum absolute atomic E-state index is 12.5. The summed E-state index contributed by atoms with van der Waals surface area (Å²) < 4.78 is 5.84. The average Bonchev–Trinajstić information content (AvgIpc) is 3.06. The third-order valence-electron chi connectivity index (χ3n) is 4.77. The lowest BCUT2D eigenvalue weighted by Gasteiger charge is -2.24. The molecular weight excluding hydrogens is 242 g/mol. The third kappa shape index (κ3) is 1.56. The molecule has 4 heteroatoms. The van der Waals surface area contributed by atoms with Gasteiger partial charge in [-0.2, -0.15) is 0 Å². The predicted octanol–water partition coefficient (Wildman–Crippen LogP) is 1.31. The fourth-order valence-electron chi connectivity index (χ4n) is 3.95. The molecule has 0 radical (unpaired) electrons. The van der Waals surface area contributed by atoms with Crippen LogP contribution in [0.4, 0.5) is 0 Å². The van der Waals surface area contributed by atoms with Gasteiger partial charge in [0.15, 0.2) is 6.23 Å². The smallest absolute Gasteiger partial charge is 0.228 e. The van der Waals surface area contributed by atoms with Crippen LogP contribution in [-0.2, 0) is 9.53 Å². The minimum absolute atomic E-state index is 0.00936. The van der Waals surface area contributed by atoms with Gasteiger partial charge in [0.25, 0.3) is 0 Å². The Bertz CT molecular complexity index is 503. The molecule has 1 amide bonds. The molecule has 1 aliphatic carbocycles. The first-order valence-electron chi connectivity index (χ1n) is 6.92. The van der Waals surface area contributed by atoms with Gasteiger partial charge in [-0.15, -0.1) is 0 Å². The Hall–Kier alpha value is -1.39. The number of hydrogen-bond acceptors (Lipinski definition) is 3. The van der Waals surface area contributed by atoms with Gasteiger partial charge < -0.3 is 14.7 Å². The van der Waals surface area contributed by atoms with E-state index in [0.29, 0.717) is 13.0 Å². The zero-order valence-corrected chi connectivity index (χ0v) is 10.6. The molecule has 1 aromatic rings. The van der Waals surface area contributed by atoms with E-state index < -0.39 is 0 Å². The van der Waals surface area contributed by atoms with Crippen molar-refractivity contribution in [3.8, 4) is 0 Å². The highest BCUT2D eigenvalue weighted by Gasteiger charge is 2.57. The number of amides is 1. The molecule has 0 spiro atoms. The summed E-state index contributed by atoms with van der Waals surface area (Å²) in [6, 6.07) is 10.1. The van der Waals surface area contributed by atoms with E-state index in [9.17, 15) is 9.90 Å². The summed E-state index contributed by atoms with van der Waals surface area (Å²) in [5.41, 5.74) is 1.04. The monoisotopic (exact) mass is 259 g/mol. The molecule has 2 saturated heterocycles. The van der Waals surface area contributed by atoms with Gasteiger partial charge in [-0.25, -0.2) is 0 Å². The number of benzene rings is 1. The Morgan fingerprint density at radius 2 is 2.00 bits per heavy atom. The summed E-state index contributed by atoms with van der Waals surface area (Å²) in [6.07, 6.45) is 0.818. The van der Waals surface area contributed by atoms with Gasteiger partial charge in [-0.05, 0) is 18.8 Å². The Labute approximate surface area is 112 Å². The van der Waals surface area contributed by atoms with E-state index in [1.54, 1.807) is 0 Å². The van der Waals surface area contributed by atoms with Crippen LogP contribution in [0.1, 0.15) is 24.6 Å². The zero-order valence-electron chi connectivity index (χ0n) is 10.6. The number of hydrogen-bond donors (Lipinski definition) is 1. The lowest BCUT2D eigenvalue weighted by atomic mass is 9.94. The van der Waals surface area contributed by atoms with Crippen LogP contribution in [0.3, 0.4) is 0 Å². The van der Waals surface area contributed by atoms with Crippen molar-refractivity contribution in [3.63, 3.8) is 0 Å². The Morgan fingerprint density at radius 3 is 2.79 bits per heavy atom. The SMILES string of the molecule is O=C1[C@@H]2CC(O)C[C@@H]2[C@H]2CO[C@@H](c3ccccc3)N12. The normalized spacial score (nSPS) is 40.6. The predicted molar refractivity (Wildman–Crippen MR) is 68.0 cm³/mol. The molecule has 3 fully saturated rings. The van der Waals surface area contributed by atoms with Crippen LogP contribution in [0.15, 0.2) is 30.3 Å². The molecule has 2 heterocycles. The van der Waals surface area contributed by atoms with Gasteiger partial charge >= 0.3 is 0 Å². The zero-order chi connectivity index (χ0) is 13.0. The van der Waals surface area contributed by atoms with Crippen LogP contribution < -0.4 is 0 Å². The molecule has 100 valence electrons.